The van der Waals surface area contributed by atoms with Crippen LogP contribution in [0.15, 0.2) is 36.8 Å². The van der Waals surface area contributed by atoms with Gasteiger partial charge in [-0.1, -0.05) is 6.07 Å². The van der Waals surface area contributed by atoms with E-state index in [-0.39, 0.29) is 11.2 Å². The molecule has 0 spiro atoms. The first kappa shape index (κ1) is 14.0. The van der Waals surface area contributed by atoms with E-state index in [4.69, 9.17) is 5.11 Å². The van der Waals surface area contributed by atoms with Gasteiger partial charge in [-0.15, -0.1) is 0 Å². The summed E-state index contributed by atoms with van der Waals surface area (Å²) in [6.45, 7) is 0. The van der Waals surface area contributed by atoms with Gasteiger partial charge in [0.25, 0.3) is 0 Å². The monoisotopic (exact) mass is 308 g/mol. The van der Waals surface area contributed by atoms with Crippen molar-refractivity contribution in [3.05, 3.63) is 48.0 Å². The van der Waals surface area contributed by atoms with Crippen molar-refractivity contribution >= 4 is 17.0 Å². The average Bonchev–Trinajstić information content (AvgIpc) is 2.91. The van der Waals surface area contributed by atoms with Gasteiger partial charge in [-0.25, -0.2) is 9.48 Å². The molecule has 2 aromatic heterocycles. The summed E-state index contributed by atoms with van der Waals surface area (Å²) in [5, 5.41) is 12.5. The van der Waals surface area contributed by atoms with Gasteiger partial charge < -0.3 is 5.11 Å². The lowest BCUT2D eigenvalue weighted by Crippen LogP contribution is -2.17. The van der Waals surface area contributed by atoms with Gasteiger partial charge in [0.1, 0.15) is 11.1 Å². The fourth-order valence-corrected chi connectivity index (χ4v) is 2.11. The number of nitrogens with zero attached hydrogens (tertiary/aromatic N) is 4. The molecule has 0 atom stereocenters. The number of rotatable bonds is 2. The molecule has 0 radical (unpaired) electrons. The molecule has 0 bridgehead atoms. The molecule has 0 saturated carbocycles. The Morgan fingerprint density at radius 1 is 1.18 bits per heavy atom. The lowest BCUT2D eigenvalue weighted by Gasteiger charge is -2.12. The smallest absolute Gasteiger partial charge is 0.434 e. The van der Waals surface area contributed by atoms with Gasteiger partial charge in [-0.05, 0) is 12.1 Å². The minimum absolute atomic E-state index is 0.00502. The molecule has 0 aliphatic carbocycles. The highest BCUT2D eigenvalue weighted by Gasteiger charge is 2.41. The van der Waals surface area contributed by atoms with E-state index in [1.807, 2.05) is 0 Å². The van der Waals surface area contributed by atoms with E-state index in [1.54, 1.807) is 6.07 Å². The van der Waals surface area contributed by atoms with E-state index in [1.165, 1.54) is 24.5 Å². The summed E-state index contributed by atoms with van der Waals surface area (Å²) in [5.41, 5.74) is -1.71. The van der Waals surface area contributed by atoms with Crippen molar-refractivity contribution in [2.24, 2.45) is 0 Å². The summed E-state index contributed by atoms with van der Waals surface area (Å²) in [6, 6.07) is 4.44. The van der Waals surface area contributed by atoms with Gasteiger partial charge in [-0.3, -0.25) is 9.97 Å². The fourth-order valence-electron chi connectivity index (χ4n) is 2.11. The Morgan fingerprint density at radius 3 is 2.59 bits per heavy atom. The number of carboxylic acid groups (broad SMARTS) is 1. The molecule has 2 heterocycles. The highest BCUT2D eigenvalue weighted by atomic mass is 19.4. The molecule has 3 aromatic rings. The molecule has 0 fully saturated rings. The third-order valence-electron chi connectivity index (χ3n) is 2.97. The van der Waals surface area contributed by atoms with Crippen molar-refractivity contribution < 1.29 is 23.1 Å². The van der Waals surface area contributed by atoms with Crippen LogP contribution in [0.25, 0.3) is 16.7 Å². The third-order valence-corrected chi connectivity index (χ3v) is 2.97. The first-order valence-corrected chi connectivity index (χ1v) is 5.98. The van der Waals surface area contributed by atoms with Gasteiger partial charge in [0.2, 0.25) is 0 Å². The Balaban J connectivity index is 2.35. The van der Waals surface area contributed by atoms with Gasteiger partial charge >= 0.3 is 12.1 Å². The predicted octanol–water partition coefficient (Wildman–Crippen LogP) is 2.53. The average molecular weight is 308 g/mol. The number of alkyl halides is 3. The summed E-state index contributed by atoms with van der Waals surface area (Å²) in [6.07, 6.45) is -1.47. The molecule has 0 aliphatic rings. The van der Waals surface area contributed by atoms with Crippen molar-refractivity contribution in [3.8, 4) is 5.69 Å². The summed E-state index contributed by atoms with van der Waals surface area (Å²) in [4.78, 5) is 19.0. The van der Waals surface area contributed by atoms with E-state index in [9.17, 15) is 18.0 Å². The van der Waals surface area contributed by atoms with Crippen molar-refractivity contribution in [2.45, 2.75) is 6.18 Å². The lowest BCUT2D eigenvalue weighted by molar-refractivity contribution is -0.143. The Morgan fingerprint density at radius 2 is 1.91 bits per heavy atom. The lowest BCUT2D eigenvalue weighted by atomic mass is 10.2. The molecule has 112 valence electrons. The van der Waals surface area contributed by atoms with E-state index in [2.05, 4.69) is 15.1 Å². The van der Waals surface area contributed by atoms with Crippen LogP contribution in [0.2, 0.25) is 0 Å². The largest absolute Gasteiger partial charge is 0.478 e. The van der Waals surface area contributed by atoms with Crippen molar-refractivity contribution in [1.29, 1.82) is 0 Å². The van der Waals surface area contributed by atoms with Crippen LogP contribution in [0.1, 0.15) is 16.1 Å². The van der Waals surface area contributed by atoms with Gasteiger partial charge in [0.05, 0.1) is 17.4 Å². The second-order valence-corrected chi connectivity index (χ2v) is 4.32. The quantitative estimate of drug-likeness (QED) is 0.787. The standard InChI is InChI=1S/C13H7F3N4O2/c14-13(15,16)11-7(12(21)22)6-19-20(11)9-3-1-2-8-10(9)18-5-4-17-8/h1-6H,(H,21,22). The number of para-hydroxylation sites is 1. The summed E-state index contributed by atoms with van der Waals surface area (Å²) in [5.74, 6) is -1.70. The number of hydrogen-bond donors (Lipinski definition) is 1. The van der Waals surface area contributed by atoms with Gasteiger partial charge in [-0.2, -0.15) is 18.3 Å². The van der Waals surface area contributed by atoms with Crippen LogP contribution in [0, 0.1) is 0 Å². The number of aromatic nitrogens is 4. The zero-order valence-electron chi connectivity index (χ0n) is 10.7. The van der Waals surface area contributed by atoms with Crippen LogP contribution in [-0.2, 0) is 6.18 Å². The minimum Gasteiger partial charge on any atom is -0.478 e. The predicted molar refractivity (Wildman–Crippen MR) is 68.6 cm³/mol. The van der Waals surface area contributed by atoms with Crippen molar-refractivity contribution in [2.75, 3.05) is 0 Å². The normalized spacial score (nSPS) is 11.8. The zero-order valence-corrected chi connectivity index (χ0v) is 10.7. The molecular weight excluding hydrogens is 301 g/mol. The van der Waals surface area contributed by atoms with Crippen LogP contribution in [0.3, 0.4) is 0 Å². The Bertz CT molecular complexity index is 868. The number of carboxylic acids is 1. The van der Waals surface area contributed by atoms with Crippen LogP contribution < -0.4 is 0 Å². The van der Waals surface area contributed by atoms with E-state index >= 15 is 0 Å². The fraction of sp³-hybridized carbons (Fsp3) is 0.0769. The minimum atomic E-state index is -4.88. The van der Waals surface area contributed by atoms with E-state index in [0.717, 1.165) is 0 Å². The number of halogens is 3. The van der Waals surface area contributed by atoms with Crippen LogP contribution in [0.4, 0.5) is 13.2 Å². The number of benzene rings is 1. The van der Waals surface area contributed by atoms with Crippen molar-refractivity contribution in [1.82, 2.24) is 19.7 Å². The molecular formula is C13H7F3N4O2. The molecule has 0 unspecified atom stereocenters. The second kappa shape index (κ2) is 4.79. The number of carbonyl (C=O) groups is 1. The second-order valence-electron chi connectivity index (χ2n) is 4.32. The molecule has 22 heavy (non-hydrogen) atoms. The van der Waals surface area contributed by atoms with E-state index < -0.39 is 23.4 Å². The van der Waals surface area contributed by atoms with Gasteiger partial charge in [0, 0.05) is 12.4 Å². The van der Waals surface area contributed by atoms with Gasteiger partial charge in [0.15, 0.2) is 5.69 Å². The van der Waals surface area contributed by atoms with Crippen molar-refractivity contribution in [3.63, 3.8) is 0 Å². The topological polar surface area (TPSA) is 80.9 Å². The number of fused-ring (bicyclic) bond motifs is 1. The highest BCUT2D eigenvalue weighted by Crippen LogP contribution is 2.34. The Labute approximate surface area is 120 Å². The van der Waals surface area contributed by atoms with E-state index in [0.29, 0.717) is 16.4 Å². The number of aromatic carboxylic acids is 1. The Kier molecular flexibility index (Phi) is 3.05. The first-order chi connectivity index (χ1) is 10.4. The number of hydrogen-bond acceptors (Lipinski definition) is 4. The molecule has 3 rings (SSSR count). The first-order valence-electron chi connectivity index (χ1n) is 5.98. The maximum atomic E-state index is 13.2. The summed E-state index contributed by atoms with van der Waals surface area (Å²) < 4.78 is 40.2. The van der Waals surface area contributed by atoms with Crippen LogP contribution in [-0.4, -0.2) is 30.8 Å². The third kappa shape index (κ3) is 2.16. The summed E-state index contributed by atoms with van der Waals surface area (Å²) in [7, 11) is 0. The van der Waals surface area contributed by atoms with Crippen LogP contribution >= 0.6 is 0 Å². The Hall–Kier alpha value is -2.97. The molecule has 1 aromatic carbocycles. The highest BCUT2D eigenvalue weighted by molar-refractivity contribution is 5.90. The molecule has 0 aliphatic heterocycles. The molecule has 9 heteroatoms. The maximum absolute atomic E-state index is 13.2. The molecule has 0 amide bonds. The van der Waals surface area contributed by atoms with Crippen LogP contribution in [0.5, 0.6) is 0 Å². The molecule has 0 saturated heterocycles. The molecule has 6 nitrogen and oxygen atoms in total. The summed E-state index contributed by atoms with van der Waals surface area (Å²) >= 11 is 0. The zero-order chi connectivity index (χ0) is 15.9. The molecule has 1 N–H and O–H groups in total. The maximum Gasteiger partial charge on any atom is 0.434 e. The SMILES string of the molecule is O=C(O)c1cnn(-c2cccc3nccnc23)c1C(F)(F)F.